The maximum atomic E-state index is 12.5. The molecule has 0 atom stereocenters. The first-order valence-electron chi connectivity index (χ1n) is 6.69. The first kappa shape index (κ1) is 16.3. The predicted molar refractivity (Wildman–Crippen MR) is 82.6 cm³/mol. The van der Waals surface area contributed by atoms with Gasteiger partial charge in [0, 0.05) is 5.69 Å². The molecule has 1 fully saturated rings. The first-order valence-corrected chi connectivity index (χ1v) is 10.1. The van der Waals surface area contributed by atoms with Crippen LogP contribution in [-0.2, 0) is 19.9 Å². The number of sulfonamides is 1. The topological polar surface area (TPSA) is 83.6 Å². The van der Waals surface area contributed by atoms with E-state index in [4.69, 9.17) is 0 Å². The molecule has 21 heavy (non-hydrogen) atoms. The first-order chi connectivity index (χ1) is 9.68. The number of nitrogens with one attached hydrogen (secondary N) is 1. The molecule has 1 aromatic carbocycles. The highest BCUT2D eigenvalue weighted by atomic mass is 32.2. The molecular formula is C13H20N2O4S2. The van der Waals surface area contributed by atoms with Gasteiger partial charge in [-0.2, -0.15) is 0 Å². The third kappa shape index (κ3) is 4.18. The standard InChI is InChI=1S/C13H20N2O4S2/c1-15-9-7-13(8-10-15)21(18,19)12-5-3-11(4-6-12)14-20(2,16)17/h3-6,13-14H,7-10H2,1-2H3. The predicted octanol–water partition coefficient (Wildman–Crippen LogP) is 0.926. The highest BCUT2D eigenvalue weighted by Gasteiger charge is 2.30. The van der Waals surface area contributed by atoms with E-state index in [1.165, 1.54) is 24.3 Å². The summed E-state index contributed by atoms with van der Waals surface area (Å²) in [5, 5.41) is -0.359. The third-order valence-electron chi connectivity index (χ3n) is 3.59. The normalized spacial score (nSPS) is 18.6. The summed E-state index contributed by atoms with van der Waals surface area (Å²) in [4.78, 5) is 2.36. The number of nitrogens with zero attached hydrogens (tertiary/aromatic N) is 1. The highest BCUT2D eigenvalue weighted by molar-refractivity contribution is 7.92. The van der Waals surface area contributed by atoms with E-state index >= 15 is 0 Å². The van der Waals surface area contributed by atoms with Crippen LogP contribution in [0.1, 0.15) is 12.8 Å². The molecule has 1 N–H and O–H groups in total. The van der Waals surface area contributed by atoms with Gasteiger partial charge in [-0.3, -0.25) is 4.72 Å². The second-order valence-corrected chi connectivity index (χ2v) is 9.42. The van der Waals surface area contributed by atoms with E-state index in [-0.39, 0.29) is 10.1 Å². The van der Waals surface area contributed by atoms with Crippen LogP contribution in [0.2, 0.25) is 0 Å². The summed E-state index contributed by atoms with van der Waals surface area (Å²) in [7, 11) is -4.73. The molecule has 6 nitrogen and oxygen atoms in total. The Kier molecular flexibility index (Phi) is 4.60. The number of hydrogen-bond acceptors (Lipinski definition) is 5. The molecule has 118 valence electrons. The van der Waals surface area contributed by atoms with E-state index in [9.17, 15) is 16.8 Å². The number of rotatable bonds is 4. The molecule has 1 saturated heterocycles. The monoisotopic (exact) mass is 332 g/mol. The lowest BCUT2D eigenvalue weighted by Crippen LogP contribution is -2.37. The summed E-state index contributed by atoms with van der Waals surface area (Å²) >= 11 is 0. The molecule has 0 saturated carbocycles. The van der Waals surface area contributed by atoms with Crippen molar-refractivity contribution in [3.63, 3.8) is 0 Å². The van der Waals surface area contributed by atoms with Crippen LogP contribution >= 0.6 is 0 Å². The van der Waals surface area contributed by atoms with Gasteiger partial charge in [0.2, 0.25) is 10.0 Å². The van der Waals surface area contributed by atoms with Gasteiger partial charge in [0.15, 0.2) is 9.84 Å². The molecular weight excluding hydrogens is 312 g/mol. The lowest BCUT2D eigenvalue weighted by molar-refractivity contribution is 0.277. The fraction of sp³-hybridized carbons (Fsp3) is 0.538. The Hall–Kier alpha value is -1.12. The van der Waals surface area contributed by atoms with Crippen LogP contribution in [0, 0.1) is 0 Å². The summed E-state index contributed by atoms with van der Waals surface area (Å²) in [5.41, 5.74) is 0.361. The van der Waals surface area contributed by atoms with Crippen molar-refractivity contribution in [2.75, 3.05) is 31.1 Å². The largest absolute Gasteiger partial charge is 0.306 e. The van der Waals surface area contributed by atoms with E-state index in [0.717, 1.165) is 19.3 Å². The fourth-order valence-electron chi connectivity index (χ4n) is 2.41. The number of likely N-dealkylation sites (tertiary alicyclic amines) is 1. The van der Waals surface area contributed by atoms with Crippen LogP contribution in [0.15, 0.2) is 29.2 Å². The van der Waals surface area contributed by atoms with E-state index in [1.807, 2.05) is 7.05 Å². The average Bonchev–Trinajstić information content (AvgIpc) is 2.38. The zero-order chi connectivity index (χ0) is 15.7. The van der Waals surface area contributed by atoms with Crippen LogP contribution in [0.25, 0.3) is 0 Å². The quantitative estimate of drug-likeness (QED) is 0.887. The van der Waals surface area contributed by atoms with Crippen LogP contribution in [0.5, 0.6) is 0 Å². The van der Waals surface area contributed by atoms with Crippen LogP contribution in [-0.4, -0.2) is 53.4 Å². The Bertz CT molecular complexity index is 688. The number of anilines is 1. The molecule has 0 spiro atoms. The molecule has 2 rings (SSSR count). The number of piperidine rings is 1. The number of sulfone groups is 1. The van der Waals surface area contributed by atoms with Gasteiger partial charge in [-0.1, -0.05) is 0 Å². The van der Waals surface area contributed by atoms with Crippen molar-refractivity contribution in [3.8, 4) is 0 Å². The molecule has 1 aliphatic heterocycles. The minimum atomic E-state index is -3.36. The van der Waals surface area contributed by atoms with Crippen LogP contribution < -0.4 is 4.72 Å². The summed E-state index contributed by atoms with van der Waals surface area (Å²) in [6.45, 7) is 1.55. The van der Waals surface area contributed by atoms with Crippen molar-refractivity contribution in [2.45, 2.75) is 23.0 Å². The van der Waals surface area contributed by atoms with Crippen LogP contribution in [0.3, 0.4) is 0 Å². The van der Waals surface area contributed by atoms with E-state index < -0.39 is 19.9 Å². The highest BCUT2D eigenvalue weighted by Crippen LogP contribution is 2.25. The van der Waals surface area contributed by atoms with Gasteiger partial charge in [0.25, 0.3) is 0 Å². The van der Waals surface area contributed by atoms with Crippen molar-refractivity contribution in [1.29, 1.82) is 0 Å². The zero-order valence-corrected chi connectivity index (χ0v) is 13.7. The summed E-state index contributed by atoms with van der Waals surface area (Å²) in [6, 6.07) is 5.87. The molecule has 1 aromatic rings. The Morgan fingerprint density at radius 3 is 2.05 bits per heavy atom. The summed E-state index contributed by atoms with van der Waals surface area (Å²) in [6.07, 6.45) is 2.31. The lowest BCUT2D eigenvalue weighted by Gasteiger charge is -2.28. The van der Waals surface area contributed by atoms with E-state index in [0.29, 0.717) is 18.5 Å². The molecule has 0 aromatic heterocycles. The van der Waals surface area contributed by atoms with Crippen molar-refractivity contribution in [1.82, 2.24) is 4.90 Å². The molecule has 0 bridgehead atoms. The lowest BCUT2D eigenvalue weighted by atomic mass is 10.1. The second-order valence-electron chi connectivity index (χ2n) is 5.45. The van der Waals surface area contributed by atoms with Gasteiger partial charge in [-0.15, -0.1) is 0 Å². The molecule has 0 aliphatic carbocycles. The molecule has 1 aliphatic rings. The minimum absolute atomic E-state index is 0.246. The van der Waals surface area contributed by atoms with Crippen molar-refractivity contribution in [3.05, 3.63) is 24.3 Å². The maximum absolute atomic E-state index is 12.5. The summed E-state index contributed by atoms with van der Waals surface area (Å²) in [5.74, 6) is 0. The fourth-order valence-corrected chi connectivity index (χ4v) is 4.71. The number of hydrogen-bond donors (Lipinski definition) is 1. The second kappa shape index (κ2) is 5.94. The minimum Gasteiger partial charge on any atom is -0.306 e. The molecule has 0 radical (unpaired) electrons. The van der Waals surface area contributed by atoms with Crippen molar-refractivity contribution in [2.24, 2.45) is 0 Å². The molecule has 0 amide bonds. The Balaban J connectivity index is 2.17. The van der Waals surface area contributed by atoms with Gasteiger partial charge in [0.05, 0.1) is 16.4 Å². The van der Waals surface area contributed by atoms with Crippen molar-refractivity contribution < 1.29 is 16.8 Å². The molecule has 0 unspecified atom stereocenters. The van der Waals surface area contributed by atoms with E-state index in [2.05, 4.69) is 9.62 Å². The smallest absolute Gasteiger partial charge is 0.229 e. The Labute approximate surface area is 126 Å². The van der Waals surface area contributed by atoms with Crippen molar-refractivity contribution >= 4 is 25.5 Å². The Morgan fingerprint density at radius 2 is 1.57 bits per heavy atom. The van der Waals surface area contributed by atoms with Gasteiger partial charge < -0.3 is 4.90 Å². The van der Waals surface area contributed by atoms with Gasteiger partial charge in [-0.25, -0.2) is 16.8 Å². The van der Waals surface area contributed by atoms with Gasteiger partial charge >= 0.3 is 0 Å². The maximum Gasteiger partial charge on any atom is 0.229 e. The van der Waals surface area contributed by atoms with E-state index in [1.54, 1.807) is 0 Å². The zero-order valence-electron chi connectivity index (χ0n) is 12.1. The summed E-state index contributed by atoms with van der Waals surface area (Å²) < 4.78 is 49.6. The molecule has 1 heterocycles. The molecule has 8 heteroatoms. The average molecular weight is 332 g/mol. The van der Waals surface area contributed by atoms with Crippen LogP contribution in [0.4, 0.5) is 5.69 Å². The SMILES string of the molecule is CN1CCC(S(=O)(=O)c2ccc(NS(C)(=O)=O)cc2)CC1. The Morgan fingerprint density at radius 1 is 1.05 bits per heavy atom. The van der Waals surface area contributed by atoms with Gasteiger partial charge in [-0.05, 0) is 57.2 Å². The number of benzene rings is 1. The van der Waals surface area contributed by atoms with Gasteiger partial charge in [0.1, 0.15) is 0 Å². The third-order valence-corrected chi connectivity index (χ3v) is 6.48.